The maximum absolute atomic E-state index is 12.4. The van der Waals surface area contributed by atoms with Crippen LogP contribution in [0.5, 0.6) is 17.2 Å². The molecule has 0 aliphatic heterocycles. The van der Waals surface area contributed by atoms with Crippen molar-refractivity contribution in [1.82, 2.24) is 5.32 Å². The lowest BCUT2D eigenvalue weighted by Gasteiger charge is -2.11. The second kappa shape index (κ2) is 9.68. The molecule has 0 fully saturated rings. The van der Waals surface area contributed by atoms with Crippen LogP contribution < -0.4 is 19.5 Å². The number of rotatable bonds is 9. The first-order chi connectivity index (χ1) is 12.6. The Hall–Kier alpha value is -2.73. The van der Waals surface area contributed by atoms with Crippen LogP contribution in [0, 0.1) is 0 Å². The number of carbonyl (C=O) groups is 1. The van der Waals surface area contributed by atoms with Crippen molar-refractivity contribution in [2.75, 3.05) is 35.0 Å². The fourth-order valence-electron chi connectivity index (χ4n) is 2.65. The Bertz CT molecular complexity index is 745. The molecule has 0 bridgehead atoms. The highest BCUT2D eigenvalue weighted by Gasteiger charge is 2.10. The van der Waals surface area contributed by atoms with Gasteiger partial charge in [0, 0.05) is 24.8 Å². The normalized spacial score (nSPS) is 10.3. The van der Waals surface area contributed by atoms with Crippen LogP contribution in [0.4, 0.5) is 0 Å². The van der Waals surface area contributed by atoms with Gasteiger partial charge in [-0.3, -0.25) is 4.79 Å². The Morgan fingerprint density at radius 2 is 1.58 bits per heavy atom. The minimum Gasteiger partial charge on any atom is -0.496 e. The third-order valence-corrected chi connectivity index (χ3v) is 3.99. The second-order valence-electron chi connectivity index (χ2n) is 5.65. The molecular formula is C20H25NO5. The molecule has 0 radical (unpaired) electrons. The van der Waals surface area contributed by atoms with Gasteiger partial charge in [-0.05, 0) is 42.3 Å². The summed E-state index contributed by atoms with van der Waals surface area (Å²) in [5.74, 6) is 1.93. The van der Waals surface area contributed by atoms with E-state index in [-0.39, 0.29) is 5.91 Å². The lowest BCUT2D eigenvalue weighted by Crippen LogP contribution is -2.25. The molecule has 2 aromatic rings. The van der Waals surface area contributed by atoms with E-state index in [2.05, 4.69) is 5.32 Å². The number of nitrogens with one attached hydrogen (secondary N) is 1. The van der Waals surface area contributed by atoms with Crippen molar-refractivity contribution in [3.8, 4) is 17.2 Å². The number of benzene rings is 2. The van der Waals surface area contributed by atoms with E-state index < -0.39 is 0 Å². The summed E-state index contributed by atoms with van der Waals surface area (Å²) in [4.78, 5) is 12.4. The SMILES string of the molecule is COCc1cc(C(=O)NCCc2ccc(OC)c(OC)c2)ccc1OC. The first-order valence-electron chi connectivity index (χ1n) is 8.27. The van der Waals surface area contributed by atoms with Crippen molar-refractivity contribution < 1.29 is 23.7 Å². The van der Waals surface area contributed by atoms with E-state index >= 15 is 0 Å². The molecule has 140 valence electrons. The van der Waals surface area contributed by atoms with Gasteiger partial charge < -0.3 is 24.3 Å². The number of hydrogen-bond donors (Lipinski definition) is 1. The van der Waals surface area contributed by atoms with Crippen LogP contribution in [0.1, 0.15) is 21.5 Å². The van der Waals surface area contributed by atoms with E-state index in [4.69, 9.17) is 18.9 Å². The summed E-state index contributed by atoms with van der Waals surface area (Å²) in [7, 11) is 6.40. The number of hydrogen-bond acceptors (Lipinski definition) is 5. The van der Waals surface area contributed by atoms with E-state index in [1.165, 1.54) is 0 Å². The van der Waals surface area contributed by atoms with Crippen LogP contribution in [0.2, 0.25) is 0 Å². The summed E-state index contributed by atoms with van der Waals surface area (Å²) in [6.45, 7) is 0.899. The molecule has 0 aliphatic carbocycles. The topological polar surface area (TPSA) is 66.0 Å². The Morgan fingerprint density at radius 1 is 0.885 bits per heavy atom. The molecular weight excluding hydrogens is 334 g/mol. The molecule has 2 aromatic carbocycles. The molecule has 0 unspecified atom stereocenters. The fraction of sp³-hybridized carbons (Fsp3) is 0.350. The average Bonchev–Trinajstić information content (AvgIpc) is 2.67. The molecule has 0 saturated heterocycles. The summed E-state index contributed by atoms with van der Waals surface area (Å²) in [6.07, 6.45) is 0.688. The lowest BCUT2D eigenvalue weighted by molar-refractivity contribution is 0.0953. The second-order valence-corrected chi connectivity index (χ2v) is 5.65. The zero-order valence-corrected chi connectivity index (χ0v) is 15.6. The van der Waals surface area contributed by atoms with Gasteiger partial charge in [-0.2, -0.15) is 0 Å². The van der Waals surface area contributed by atoms with Gasteiger partial charge in [0.1, 0.15) is 5.75 Å². The minimum atomic E-state index is -0.134. The van der Waals surface area contributed by atoms with Crippen molar-refractivity contribution in [3.63, 3.8) is 0 Å². The first kappa shape index (κ1) is 19.6. The molecule has 0 aliphatic rings. The van der Waals surface area contributed by atoms with Gasteiger partial charge in [0.2, 0.25) is 0 Å². The number of amides is 1. The van der Waals surface area contributed by atoms with Crippen LogP contribution >= 0.6 is 0 Å². The van der Waals surface area contributed by atoms with Crippen LogP contribution in [0.3, 0.4) is 0 Å². The van der Waals surface area contributed by atoms with Crippen LogP contribution in [0.15, 0.2) is 36.4 Å². The lowest BCUT2D eigenvalue weighted by atomic mass is 10.1. The monoisotopic (exact) mass is 359 g/mol. The summed E-state index contributed by atoms with van der Waals surface area (Å²) in [5, 5.41) is 2.93. The number of ether oxygens (including phenoxy) is 4. The van der Waals surface area contributed by atoms with E-state index in [9.17, 15) is 4.79 Å². The van der Waals surface area contributed by atoms with Crippen molar-refractivity contribution in [3.05, 3.63) is 53.1 Å². The van der Waals surface area contributed by atoms with Gasteiger partial charge in [-0.1, -0.05) is 6.07 Å². The van der Waals surface area contributed by atoms with Crippen LogP contribution in [-0.4, -0.2) is 40.9 Å². The molecule has 0 aromatic heterocycles. The van der Waals surface area contributed by atoms with Crippen LogP contribution in [0.25, 0.3) is 0 Å². The maximum Gasteiger partial charge on any atom is 0.251 e. The molecule has 0 saturated carbocycles. The third kappa shape index (κ3) is 4.89. The van der Waals surface area contributed by atoms with Crippen molar-refractivity contribution in [1.29, 1.82) is 0 Å². The maximum atomic E-state index is 12.4. The van der Waals surface area contributed by atoms with Crippen LogP contribution in [-0.2, 0) is 17.8 Å². The van der Waals surface area contributed by atoms with Gasteiger partial charge >= 0.3 is 0 Å². The summed E-state index contributed by atoms with van der Waals surface area (Å²) in [6, 6.07) is 11.0. The first-order valence-corrected chi connectivity index (χ1v) is 8.27. The molecule has 0 spiro atoms. The fourth-order valence-corrected chi connectivity index (χ4v) is 2.65. The standard InChI is InChI=1S/C20H25NO5/c1-23-13-16-12-15(6-8-17(16)24-2)20(22)21-10-9-14-5-7-18(25-3)19(11-14)26-4/h5-8,11-12H,9-10,13H2,1-4H3,(H,21,22). The van der Waals surface area contributed by atoms with Gasteiger partial charge in [0.05, 0.1) is 27.9 Å². The van der Waals surface area contributed by atoms with Crippen molar-refractivity contribution in [2.45, 2.75) is 13.0 Å². The van der Waals surface area contributed by atoms with Crippen molar-refractivity contribution in [2.24, 2.45) is 0 Å². The molecule has 6 nitrogen and oxygen atoms in total. The zero-order chi connectivity index (χ0) is 18.9. The van der Waals surface area contributed by atoms with Gasteiger partial charge in [0.25, 0.3) is 5.91 Å². The zero-order valence-electron chi connectivity index (χ0n) is 15.6. The Morgan fingerprint density at radius 3 is 2.23 bits per heavy atom. The number of methoxy groups -OCH3 is 4. The van der Waals surface area contributed by atoms with Gasteiger partial charge in [0.15, 0.2) is 11.5 Å². The molecule has 1 N–H and O–H groups in total. The Labute approximate surface area is 154 Å². The Kier molecular flexibility index (Phi) is 7.29. The largest absolute Gasteiger partial charge is 0.496 e. The number of carbonyl (C=O) groups excluding carboxylic acids is 1. The third-order valence-electron chi connectivity index (χ3n) is 3.99. The predicted molar refractivity (Wildman–Crippen MR) is 99.3 cm³/mol. The highest BCUT2D eigenvalue weighted by Crippen LogP contribution is 2.27. The molecule has 26 heavy (non-hydrogen) atoms. The van der Waals surface area contributed by atoms with E-state index in [1.54, 1.807) is 46.6 Å². The minimum absolute atomic E-state index is 0.134. The summed E-state index contributed by atoms with van der Waals surface area (Å²) < 4.78 is 21.0. The molecule has 2 rings (SSSR count). The summed E-state index contributed by atoms with van der Waals surface area (Å²) in [5.41, 5.74) is 2.46. The quantitative estimate of drug-likeness (QED) is 0.746. The molecule has 0 heterocycles. The molecule has 6 heteroatoms. The van der Waals surface area contributed by atoms with Gasteiger partial charge in [-0.15, -0.1) is 0 Å². The smallest absolute Gasteiger partial charge is 0.251 e. The predicted octanol–water partition coefficient (Wildman–Crippen LogP) is 2.83. The van der Waals surface area contributed by atoms with E-state index in [0.717, 1.165) is 11.1 Å². The highest BCUT2D eigenvalue weighted by molar-refractivity contribution is 5.94. The Balaban J connectivity index is 1.97. The molecule has 0 atom stereocenters. The summed E-state index contributed by atoms with van der Waals surface area (Å²) >= 11 is 0. The molecule has 1 amide bonds. The van der Waals surface area contributed by atoms with E-state index in [0.29, 0.717) is 42.4 Å². The highest BCUT2D eigenvalue weighted by atomic mass is 16.5. The van der Waals surface area contributed by atoms with Crippen molar-refractivity contribution >= 4 is 5.91 Å². The van der Waals surface area contributed by atoms with Gasteiger partial charge in [-0.25, -0.2) is 0 Å². The van der Waals surface area contributed by atoms with E-state index in [1.807, 2.05) is 18.2 Å². The average molecular weight is 359 g/mol.